The minimum absolute atomic E-state index is 0.107. The lowest BCUT2D eigenvalue weighted by atomic mass is 10.0. The molecule has 2 heterocycles. The fourth-order valence-corrected chi connectivity index (χ4v) is 3.82. The minimum atomic E-state index is -0.647. The van der Waals surface area contributed by atoms with E-state index in [1.165, 1.54) is 29.0 Å². The van der Waals surface area contributed by atoms with Gasteiger partial charge in [-0.2, -0.15) is 0 Å². The zero-order valence-electron chi connectivity index (χ0n) is 19.1. The van der Waals surface area contributed by atoms with Crippen molar-refractivity contribution in [1.29, 1.82) is 0 Å². The first-order valence-corrected chi connectivity index (χ1v) is 10.6. The molecule has 1 saturated heterocycles. The van der Waals surface area contributed by atoms with Crippen LogP contribution in [-0.2, 0) is 4.74 Å². The van der Waals surface area contributed by atoms with E-state index >= 15 is 0 Å². The zero-order valence-corrected chi connectivity index (χ0v) is 19.1. The fourth-order valence-electron chi connectivity index (χ4n) is 3.82. The standard InChI is InChI=1S/C23H30FN3O5/c1-14-10-15-11-18(24)17(12-19(15)25-20(14)31-5)21(29)27-8-7-26(13-16(27)6-9-28)22(30)32-23(2,3)4/h10-12,16,28H,6-9,13H2,1-5H3/t16-/m1/s1. The number of aliphatic hydroxyl groups is 1. The SMILES string of the molecule is COc1nc2cc(C(=O)N3CCN(C(=O)OC(C)(C)C)C[C@H]3CCO)c(F)cc2cc1C. The molecule has 1 fully saturated rings. The van der Waals surface area contributed by atoms with Crippen molar-refractivity contribution in [2.24, 2.45) is 0 Å². The Balaban J connectivity index is 1.87. The summed E-state index contributed by atoms with van der Waals surface area (Å²) in [6.07, 6.45) is -0.220. The molecule has 0 spiro atoms. The number of carbonyl (C=O) groups is 2. The van der Waals surface area contributed by atoms with Crippen LogP contribution in [0, 0.1) is 12.7 Å². The van der Waals surface area contributed by atoms with Gasteiger partial charge in [-0.1, -0.05) is 0 Å². The van der Waals surface area contributed by atoms with Crippen LogP contribution >= 0.6 is 0 Å². The first kappa shape index (κ1) is 23.7. The Bertz CT molecular complexity index is 1020. The molecule has 1 atom stereocenters. The summed E-state index contributed by atoms with van der Waals surface area (Å²) in [5.74, 6) is -0.745. The maximum Gasteiger partial charge on any atom is 0.410 e. The van der Waals surface area contributed by atoms with E-state index in [-0.39, 0.29) is 38.2 Å². The second-order valence-electron chi connectivity index (χ2n) is 8.93. The highest BCUT2D eigenvalue weighted by molar-refractivity contribution is 5.98. The van der Waals surface area contributed by atoms with Gasteiger partial charge in [-0.15, -0.1) is 0 Å². The van der Waals surface area contributed by atoms with E-state index in [0.717, 1.165) is 5.56 Å². The number of nitrogens with zero attached hydrogens (tertiary/aromatic N) is 3. The lowest BCUT2D eigenvalue weighted by Crippen LogP contribution is -2.57. The summed E-state index contributed by atoms with van der Waals surface area (Å²) in [5.41, 5.74) is 0.463. The first-order chi connectivity index (χ1) is 15.0. The van der Waals surface area contributed by atoms with Gasteiger partial charge in [0.15, 0.2) is 0 Å². The van der Waals surface area contributed by atoms with Gasteiger partial charge in [-0.25, -0.2) is 14.2 Å². The third kappa shape index (κ3) is 5.09. The molecular formula is C23H30FN3O5. The Morgan fingerprint density at radius 3 is 2.59 bits per heavy atom. The van der Waals surface area contributed by atoms with Gasteiger partial charge in [0, 0.05) is 37.2 Å². The topological polar surface area (TPSA) is 92.2 Å². The minimum Gasteiger partial charge on any atom is -0.481 e. The number of aromatic nitrogens is 1. The third-order valence-corrected chi connectivity index (χ3v) is 5.33. The number of hydrogen-bond acceptors (Lipinski definition) is 6. The maximum absolute atomic E-state index is 14.9. The monoisotopic (exact) mass is 447 g/mol. The van der Waals surface area contributed by atoms with Crippen molar-refractivity contribution in [2.75, 3.05) is 33.4 Å². The van der Waals surface area contributed by atoms with Crippen molar-refractivity contribution < 1.29 is 28.6 Å². The van der Waals surface area contributed by atoms with E-state index in [0.29, 0.717) is 16.8 Å². The fraction of sp³-hybridized carbons (Fsp3) is 0.522. The van der Waals surface area contributed by atoms with Gasteiger partial charge in [-0.05, 0) is 52.3 Å². The Labute approximate surface area is 186 Å². The van der Waals surface area contributed by atoms with Crippen LogP contribution in [0.25, 0.3) is 10.9 Å². The summed E-state index contributed by atoms with van der Waals surface area (Å²) in [7, 11) is 1.50. The molecule has 0 radical (unpaired) electrons. The summed E-state index contributed by atoms with van der Waals surface area (Å²) < 4.78 is 25.6. The van der Waals surface area contributed by atoms with Gasteiger partial charge in [0.25, 0.3) is 5.91 Å². The number of fused-ring (bicyclic) bond motifs is 1. The van der Waals surface area contributed by atoms with E-state index in [4.69, 9.17) is 9.47 Å². The summed E-state index contributed by atoms with van der Waals surface area (Å²) in [6.45, 7) is 7.63. The van der Waals surface area contributed by atoms with Crippen molar-refractivity contribution in [3.63, 3.8) is 0 Å². The van der Waals surface area contributed by atoms with Gasteiger partial charge in [0.1, 0.15) is 11.4 Å². The second kappa shape index (κ2) is 9.28. The normalized spacial score (nSPS) is 16.9. The van der Waals surface area contributed by atoms with Crippen LogP contribution < -0.4 is 4.74 Å². The maximum atomic E-state index is 14.9. The molecule has 2 aromatic rings. The van der Waals surface area contributed by atoms with Crippen LogP contribution in [0.4, 0.5) is 9.18 Å². The number of hydrogen-bond donors (Lipinski definition) is 1. The molecule has 0 bridgehead atoms. The number of rotatable bonds is 4. The Morgan fingerprint density at radius 1 is 1.25 bits per heavy atom. The molecule has 9 heteroatoms. The Morgan fingerprint density at radius 2 is 1.97 bits per heavy atom. The highest BCUT2D eigenvalue weighted by atomic mass is 19.1. The number of aliphatic hydroxyl groups excluding tert-OH is 1. The molecule has 1 aromatic heterocycles. The average molecular weight is 448 g/mol. The molecule has 0 saturated carbocycles. The third-order valence-electron chi connectivity index (χ3n) is 5.33. The van der Waals surface area contributed by atoms with Crippen LogP contribution in [0.5, 0.6) is 5.88 Å². The van der Waals surface area contributed by atoms with Crippen LogP contribution in [-0.4, -0.2) is 76.9 Å². The molecule has 174 valence electrons. The number of carbonyl (C=O) groups excluding carboxylic acids is 2. The summed E-state index contributed by atoms with van der Waals surface area (Å²) >= 11 is 0. The Hall–Kier alpha value is -2.94. The zero-order chi connectivity index (χ0) is 23.6. The predicted molar refractivity (Wildman–Crippen MR) is 117 cm³/mol. The number of methoxy groups -OCH3 is 1. The second-order valence-corrected chi connectivity index (χ2v) is 8.93. The quantitative estimate of drug-likeness (QED) is 0.774. The van der Waals surface area contributed by atoms with E-state index in [1.54, 1.807) is 26.8 Å². The number of aryl methyl sites for hydroxylation is 1. The van der Waals surface area contributed by atoms with E-state index in [1.807, 2.05) is 6.92 Å². The number of ether oxygens (including phenoxy) is 2. The molecule has 1 aliphatic heterocycles. The molecule has 0 aliphatic carbocycles. The molecule has 2 amide bonds. The van der Waals surface area contributed by atoms with Crippen molar-refractivity contribution in [2.45, 2.75) is 45.8 Å². The number of amides is 2. The highest BCUT2D eigenvalue weighted by Gasteiger charge is 2.35. The molecule has 1 aromatic carbocycles. The van der Waals surface area contributed by atoms with Crippen LogP contribution in [0.1, 0.15) is 43.1 Å². The molecule has 1 N–H and O–H groups in total. The lowest BCUT2D eigenvalue weighted by molar-refractivity contribution is 0.00167. The number of piperazine rings is 1. The van der Waals surface area contributed by atoms with Crippen LogP contribution in [0.2, 0.25) is 0 Å². The van der Waals surface area contributed by atoms with Crippen molar-refractivity contribution in [3.05, 3.63) is 35.1 Å². The van der Waals surface area contributed by atoms with E-state index in [2.05, 4.69) is 4.98 Å². The first-order valence-electron chi connectivity index (χ1n) is 10.6. The van der Waals surface area contributed by atoms with E-state index in [9.17, 15) is 19.1 Å². The van der Waals surface area contributed by atoms with Crippen molar-refractivity contribution >= 4 is 22.9 Å². The largest absolute Gasteiger partial charge is 0.481 e. The summed E-state index contributed by atoms with van der Waals surface area (Å²) in [5, 5.41) is 10.1. The van der Waals surface area contributed by atoms with Crippen molar-refractivity contribution in [1.82, 2.24) is 14.8 Å². The van der Waals surface area contributed by atoms with E-state index < -0.39 is 29.5 Å². The van der Waals surface area contributed by atoms with Crippen molar-refractivity contribution in [3.8, 4) is 5.88 Å². The lowest BCUT2D eigenvalue weighted by Gasteiger charge is -2.41. The number of halogens is 1. The Kier molecular flexibility index (Phi) is 6.88. The molecule has 1 aliphatic rings. The molecule has 8 nitrogen and oxygen atoms in total. The van der Waals surface area contributed by atoms with Gasteiger partial charge < -0.3 is 24.4 Å². The van der Waals surface area contributed by atoms with Gasteiger partial charge in [0.05, 0.1) is 24.2 Å². The van der Waals surface area contributed by atoms with Crippen LogP contribution in [0.3, 0.4) is 0 Å². The predicted octanol–water partition coefficient (Wildman–Crippen LogP) is 3.13. The smallest absolute Gasteiger partial charge is 0.410 e. The van der Waals surface area contributed by atoms with Crippen LogP contribution in [0.15, 0.2) is 18.2 Å². The summed E-state index contributed by atoms with van der Waals surface area (Å²) in [6, 6.07) is 4.00. The number of pyridine rings is 1. The molecular weight excluding hydrogens is 417 g/mol. The number of benzene rings is 1. The average Bonchev–Trinajstić information content (AvgIpc) is 2.71. The molecule has 32 heavy (non-hydrogen) atoms. The van der Waals surface area contributed by atoms with Gasteiger partial charge in [-0.3, -0.25) is 4.79 Å². The molecule has 0 unspecified atom stereocenters. The highest BCUT2D eigenvalue weighted by Crippen LogP contribution is 2.26. The summed E-state index contributed by atoms with van der Waals surface area (Å²) in [4.78, 5) is 33.1. The van der Waals surface area contributed by atoms with Gasteiger partial charge in [0.2, 0.25) is 5.88 Å². The molecule has 3 rings (SSSR count). The van der Waals surface area contributed by atoms with Gasteiger partial charge >= 0.3 is 6.09 Å².